The molecule has 0 bridgehead atoms. The Hall–Kier alpha value is -1.72. The smallest absolute Gasteiger partial charge is 0.324 e. The highest BCUT2D eigenvalue weighted by molar-refractivity contribution is 6.47. The van der Waals surface area contributed by atoms with Gasteiger partial charge in [-0.15, -0.1) is 0 Å². The largest absolute Gasteiger partial charge is 0.468 e. The van der Waals surface area contributed by atoms with E-state index in [1.807, 2.05) is 5.32 Å². The molecule has 70 valence electrons. The minimum Gasteiger partial charge on any atom is -0.468 e. The van der Waals surface area contributed by atoms with E-state index in [2.05, 4.69) is 4.74 Å². The van der Waals surface area contributed by atoms with Gasteiger partial charge in [0, 0.05) is 0 Å². The Labute approximate surface area is 73.2 Å². The van der Waals surface area contributed by atoms with Crippen molar-refractivity contribution in [2.75, 3.05) is 13.7 Å². The zero-order valence-corrected chi connectivity index (χ0v) is 6.83. The molecule has 0 aromatic rings. The van der Waals surface area contributed by atoms with Crippen LogP contribution in [0, 0.1) is 5.92 Å². The molecular weight excluding hydrogens is 178 g/mol. The summed E-state index contributed by atoms with van der Waals surface area (Å²) in [6.45, 7) is -0.301. The fourth-order valence-corrected chi connectivity index (χ4v) is 0.990. The van der Waals surface area contributed by atoms with E-state index in [4.69, 9.17) is 0 Å². The van der Waals surface area contributed by atoms with Crippen LogP contribution in [-0.4, -0.2) is 37.1 Å². The molecule has 0 radical (unpaired) electrons. The molecule has 0 aromatic heterocycles. The number of amides is 1. The van der Waals surface area contributed by atoms with Crippen LogP contribution in [0.25, 0.3) is 0 Å². The first-order valence-corrected chi connectivity index (χ1v) is 3.50. The normalized spacial score (nSPS) is 22.5. The number of methoxy groups -OCH3 is 1. The van der Waals surface area contributed by atoms with Gasteiger partial charge in [-0.05, 0) is 0 Å². The first-order valence-electron chi connectivity index (χ1n) is 3.50. The van der Waals surface area contributed by atoms with E-state index in [0.29, 0.717) is 0 Å². The number of ketones is 2. The Morgan fingerprint density at radius 2 is 2.08 bits per heavy atom. The summed E-state index contributed by atoms with van der Waals surface area (Å²) >= 11 is 0. The van der Waals surface area contributed by atoms with E-state index in [9.17, 15) is 19.2 Å². The minimum atomic E-state index is -1.57. The molecule has 1 aliphatic heterocycles. The van der Waals surface area contributed by atoms with E-state index in [1.54, 1.807) is 0 Å². The van der Waals surface area contributed by atoms with Crippen LogP contribution in [0.4, 0.5) is 0 Å². The topological polar surface area (TPSA) is 89.5 Å². The molecule has 0 aromatic carbocycles. The summed E-state index contributed by atoms with van der Waals surface area (Å²) in [6.07, 6.45) is 0. The molecule has 1 atom stereocenters. The predicted molar refractivity (Wildman–Crippen MR) is 38.5 cm³/mol. The lowest BCUT2D eigenvalue weighted by Gasteiger charge is -2.16. The molecule has 1 rings (SSSR count). The molecule has 6 nitrogen and oxygen atoms in total. The highest BCUT2D eigenvalue weighted by atomic mass is 16.5. The van der Waals surface area contributed by atoms with Crippen LogP contribution in [-0.2, 0) is 23.9 Å². The van der Waals surface area contributed by atoms with Crippen LogP contribution in [0.2, 0.25) is 0 Å². The van der Waals surface area contributed by atoms with Crippen molar-refractivity contribution in [3.63, 3.8) is 0 Å². The molecule has 1 fully saturated rings. The Kier molecular flexibility index (Phi) is 2.41. The lowest BCUT2D eigenvalue weighted by Crippen LogP contribution is -2.51. The van der Waals surface area contributed by atoms with Gasteiger partial charge in [0.2, 0.25) is 5.78 Å². The molecule has 1 unspecified atom stereocenters. The summed E-state index contributed by atoms with van der Waals surface area (Å²) in [4.78, 5) is 43.7. The van der Waals surface area contributed by atoms with Gasteiger partial charge in [-0.1, -0.05) is 0 Å². The molecule has 1 amide bonds. The van der Waals surface area contributed by atoms with Gasteiger partial charge in [0.15, 0.2) is 11.7 Å². The number of ether oxygens (including phenoxy) is 1. The Morgan fingerprint density at radius 1 is 1.46 bits per heavy atom. The zero-order valence-electron chi connectivity index (χ0n) is 6.83. The summed E-state index contributed by atoms with van der Waals surface area (Å²) in [5.41, 5.74) is 0. The molecule has 1 saturated heterocycles. The maximum absolute atomic E-state index is 11.0. The fraction of sp³-hybridized carbons (Fsp3) is 0.429. The quantitative estimate of drug-likeness (QED) is 0.291. The summed E-state index contributed by atoms with van der Waals surface area (Å²) in [5.74, 6) is -5.17. The summed E-state index contributed by atoms with van der Waals surface area (Å²) < 4.78 is 4.22. The Bertz CT molecular complexity index is 287. The third kappa shape index (κ3) is 1.56. The number of esters is 1. The summed E-state index contributed by atoms with van der Waals surface area (Å²) in [6, 6.07) is 0. The van der Waals surface area contributed by atoms with E-state index < -0.39 is 29.4 Å². The molecule has 0 saturated carbocycles. The molecule has 13 heavy (non-hydrogen) atoms. The molecule has 0 aliphatic carbocycles. The Morgan fingerprint density at radius 3 is 2.62 bits per heavy atom. The van der Waals surface area contributed by atoms with Crippen molar-refractivity contribution >= 4 is 23.4 Å². The monoisotopic (exact) mass is 185 g/mol. The van der Waals surface area contributed by atoms with Gasteiger partial charge in [0.05, 0.1) is 13.7 Å². The summed E-state index contributed by atoms with van der Waals surface area (Å²) in [7, 11) is 1.05. The highest BCUT2D eigenvalue weighted by Crippen LogP contribution is 2.07. The number of hydrogen-bond acceptors (Lipinski definition) is 5. The van der Waals surface area contributed by atoms with Crippen molar-refractivity contribution < 1.29 is 23.9 Å². The van der Waals surface area contributed by atoms with Crippen molar-refractivity contribution in [2.24, 2.45) is 5.92 Å². The fourth-order valence-electron chi connectivity index (χ4n) is 0.990. The average molecular weight is 185 g/mol. The second-order valence-electron chi connectivity index (χ2n) is 2.47. The van der Waals surface area contributed by atoms with Gasteiger partial charge < -0.3 is 10.1 Å². The van der Waals surface area contributed by atoms with Gasteiger partial charge in [-0.3, -0.25) is 19.2 Å². The van der Waals surface area contributed by atoms with Gasteiger partial charge in [-0.2, -0.15) is 0 Å². The number of nitrogens with one attached hydrogen (secondary N) is 1. The molecule has 1 aliphatic rings. The number of piperidine rings is 1. The third-order valence-corrected chi connectivity index (χ3v) is 1.67. The second-order valence-corrected chi connectivity index (χ2v) is 2.47. The lowest BCUT2D eigenvalue weighted by molar-refractivity contribution is -0.158. The van der Waals surface area contributed by atoms with Crippen molar-refractivity contribution in [1.82, 2.24) is 5.32 Å². The standard InChI is InChI=1S/C7H7NO5/c1-13-7(12)4-3(9)2-8-6(11)5(4)10/h4H,2H2,1H3,(H,8,11). The van der Waals surface area contributed by atoms with Gasteiger partial charge in [-0.25, -0.2) is 0 Å². The maximum Gasteiger partial charge on any atom is 0.324 e. The maximum atomic E-state index is 11.0. The number of rotatable bonds is 1. The molecule has 0 spiro atoms. The van der Waals surface area contributed by atoms with Crippen LogP contribution >= 0.6 is 0 Å². The minimum absolute atomic E-state index is 0.301. The van der Waals surface area contributed by atoms with Gasteiger partial charge in [0.25, 0.3) is 5.91 Å². The molecular formula is C7H7NO5. The first kappa shape index (κ1) is 9.37. The number of carbonyl (C=O) groups excluding carboxylic acids is 4. The SMILES string of the molecule is COC(=O)C1C(=O)CNC(=O)C1=O. The average Bonchev–Trinajstić information content (AvgIpc) is 2.12. The van der Waals surface area contributed by atoms with Crippen molar-refractivity contribution in [1.29, 1.82) is 0 Å². The Balaban J connectivity index is 2.90. The van der Waals surface area contributed by atoms with Crippen LogP contribution in [0.5, 0.6) is 0 Å². The number of carbonyl (C=O) groups is 4. The van der Waals surface area contributed by atoms with E-state index >= 15 is 0 Å². The van der Waals surface area contributed by atoms with Crippen molar-refractivity contribution in [2.45, 2.75) is 0 Å². The zero-order chi connectivity index (χ0) is 10.0. The van der Waals surface area contributed by atoms with Gasteiger partial charge >= 0.3 is 5.97 Å². The van der Waals surface area contributed by atoms with Crippen LogP contribution < -0.4 is 5.32 Å². The number of hydrogen-bond donors (Lipinski definition) is 1. The second kappa shape index (κ2) is 3.34. The van der Waals surface area contributed by atoms with E-state index in [-0.39, 0.29) is 6.54 Å². The van der Waals surface area contributed by atoms with E-state index in [0.717, 1.165) is 7.11 Å². The van der Waals surface area contributed by atoms with Crippen LogP contribution in [0.3, 0.4) is 0 Å². The predicted octanol–water partition coefficient (Wildman–Crippen LogP) is -1.96. The molecule has 1 N–H and O–H groups in total. The third-order valence-electron chi connectivity index (χ3n) is 1.67. The summed E-state index contributed by atoms with van der Waals surface area (Å²) in [5, 5.41) is 2.04. The first-order chi connectivity index (χ1) is 6.07. The van der Waals surface area contributed by atoms with E-state index in [1.165, 1.54) is 0 Å². The number of Topliss-reactive ketones (excluding diaryl/α,β-unsaturated/α-hetero) is 2. The van der Waals surface area contributed by atoms with Crippen LogP contribution in [0.1, 0.15) is 0 Å². The van der Waals surface area contributed by atoms with Crippen molar-refractivity contribution in [3.8, 4) is 0 Å². The van der Waals surface area contributed by atoms with Crippen molar-refractivity contribution in [3.05, 3.63) is 0 Å². The molecule has 1 heterocycles. The van der Waals surface area contributed by atoms with Gasteiger partial charge in [0.1, 0.15) is 0 Å². The molecule has 6 heteroatoms. The lowest BCUT2D eigenvalue weighted by atomic mass is 9.95. The highest BCUT2D eigenvalue weighted by Gasteiger charge is 2.42. The van der Waals surface area contributed by atoms with Crippen LogP contribution in [0.15, 0.2) is 0 Å².